The van der Waals surface area contributed by atoms with Crippen molar-refractivity contribution in [2.75, 3.05) is 19.9 Å². The van der Waals surface area contributed by atoms with Gasteiger partial charge in [-0.25, -0.2) is 0 Å². The van der Waals surface area contributed by atoms with E-state index >= 15 is 0 Å². The Bertz CT molecular complexity index is 396. The maximum atomic E-state index is 5.46. The molecule has 1 N–H and O–H groups in total. The predicted molar refractivity (Wildman–Crippen MR) is 83.2 cm³/mol. The van der Waals surface area contributed by atoms with Crippen LogP contribution in [0.1, 0.15) is 52.4 Å². The van der Waals surface area contributed by atoms with Gasteiger partial charge >= 0.3 is 0 Å². The first-order valence-electron chi connectivity index (χ1n) is 6.72. The Morgan fingerprint density at radius 2 is 2.05 bits per heavy atom. The van der Waals surface area contributed by atoms with Gasteiger partial charge in [0.2, 0.25) is 0 Å². The highest BCUT2D eigenvalue weighted by molar-refractivity contribution is 8.00. The zero-order chi connectivity index (χ0) is 14.6. The van der Waals surface area contributed by atoms with Crippen LogP contribution in [0.25, 0.3) is 0 Å². The molecule has 1 rings (SSSR count). The fourth-order valence-corrected chi connectivity index (χ4v) is 2.88. The van der Waals surface area contributed by atoms with E-state index in [0.29, 0.717) is 6.04 Å². The van der Waals surface area contributed by atoms with Crippen molar-refractivity contribution in [3.05, 3.63) is 11.9 Å². The number of ether oxygens (including phenoxy) is 1. The lowest BCUT2D eigenvalue weighted by Gasteiger charge is -2.24. The number of thioether (sulfide) groups is 1. The molecule has 0 saturated heterocycles. The molecule has 110 valence electrons. The lowest BCUT2D eigenvalue weighted by Crippen LogP contribution is -2.25. The average molecular weight is 285 g/mol. The van der Waals surface area contributed by atoms with Crippen molar-refractivity contribution >= 4 is 11.8 Å². The van der Waals surface area contributed by atoms with Gasteiger partial charge in [0.05, 0.1) is 25.0 Å². The fourth-order valence-electron chi connectivity index (χ4n) is 1.89. The van der Waals surface area contributed by atoms with Gasteiger partial charge in [-0.15, -0.1) is 0 Å². The summed E-state index contributed by atoms with van der Waals surface area (Å²) in [4.78, 5) is 0. The molecule has 1 aromatic rings. The van der Waals surface area contributed by atoms with E-state index in [1.807, 2.05) is 23.5 Å². The second-order valence-corrected chi connectivity index (χ2v) is 7.75. The smallest absolute Gasteiger partial charge is 0.161 e. The van der Waals surface area contributed by atoms with E-state index < -0.39 is 0 Å². The number of hydrogen-bond acceptors (Lipinski definition) is 4. The van der Waals surface area contributed by atoms with Crippen LogP contribution in [0.5, 0.6) is 5.75 Å². The van der Waals surface area contributed by atoms with Crippen molar-refractivity contribution in [3.8, 4) is 5.75 Å². The molecular formula is C14H27N3OS. The zero-order valence-electron chi connectivity index (χ0n) is 13.2. The number of rotatable bonds is 6. The number of hydrogen-bond donors (Lipinski definition) is 1. The van der Waals surface area contributed by atoms with Crippen LogP contribution in [-0.4, -0.2) is 34.4 Å². The summed E-state index contributed by atoms with van der Waals surface area (Å²) >= 11 is 1.94. The molecule has 0 aliphatic carbocycles. The van der Waals surface area contributed by atoms with E-state index in [-0.39, 0.29) is 10.8 Å². The summed E-state index contributed by atoms with van der Waals surface area (Å²) in [6, 6.07) is 0.568. The molecule has 0 saturated carbocycles. The van der Waals surface area contributed by atoms with Crippen molar-refractivity contribution in [1.82, 2.24) is 15.1 Å². The lowest BCUT2D eigenvalue weighted by atomic mass is 10.2. The number of nitrogens with zero attached hydrogens (tertiary/aromatic N) is 2. The van der Waals surface area contributed by atoms with Crippen LogP contribution in [0.3, 0.4) is 0 Å². The Kier molecular flexibility index (Phi) is 5.74. The third-order valence-electron chi connectivity index (χ3n) is 2.87. The fraction of sp³-hybridized carbons (Fsp3) is 0.786. The Morgan fingerprint density at radius 1 is 1.42 bits per heavy atom. The predicted octanol–water partition coefficient (Wildman–Crippen LogP) is 3.26. The summed E-state index contributed by atoms with van der Waals surface area (Å²) in [6.45, 7) is 11.0. The quantitative estimate of drug-likeness (QED) is 0.871. The van der Waals surface area contributed by atoms with Crippen molar-refractivity contribution < 1.29 is 4.74 Å². The molecule has 0 aliphatic rings. The highest BCUT2D eigenvalue weighted by Crippen LogP contribution is 2.33. The second kappa shape index (κ2) is 6.66. The highest BCUT2D eigenvalue weighted by atomic mass is 32.2. The third kappa shape index (κ3) is 4.42. The Morgan fingerprint density at radius 3 is 2.47 bits per heavy atom. The SMILES string of the molecule is CNC(CSC(C)(C)C)c1c(OC)cnn1C(C)C. The third-order valence-corrected chi connectivity index (χ3v) is 4.24. The van der Waals surface area contributed by atoms with Gasteiger partial charge in [-0.05, 0) is 20.9 Å². The van der Waals surface area contributed by atoms with Crippen molar-refractivity contribution in [3.63, 3.8) is 0 Å². The summed E-state index contributed by atoms with van der Waals surface area (Å²) in [7, 11) is 3.69. The maximum Gasteiger partial charge on any atom is 0.161 e. The molecule has 0 spiro atoms. The van der Waals surface area contributed by atoms with Crippen LogP contribution >= 0.6 is 11.8 Å². The Balaban J connectivity index is 2.99. The topological polar surface area (TPSA) is 39.1 Å². The van der Waals surface area contributed by atoms with Gasteiger partial charge in [-0.1, -0.05) is 20.8 Å². The molecule has 5 heteroatoms. The number of nitrogens with one attached hydrogen (secondary N) is 1. The first kappa shape index (κ1) is 16.4. The molecule has 1 unspecified atom stereocenters. The molecule has 0 radical (unpaired) electrons. The number of aromatic nitrogens is 2. The molecular weight excluding hydrogens is 258 g/mol. The minimum atomic E-state index is 0.240. The molecule has 0 amide bonds. The van der Waals surface area contributed by atoms with Crippen LogP contribution in [0, 0.1) is 0 Å². The molecule has 0 fully saturated rings. The normalized spacial score (nSPS) is 13.9. The van der Waals surface area contributed by atoms with Crippen LogP contribution in [0.4, 0.5) is 0 Å². The van der Waals surface area contributed by atoms with E-state index in [0.717, 1.165) is 17.2 Å². The van der Waals surface area contributed by atoms with Gasteiger partial charge in [0, 0.05) is 16.5 Å². The molecule has 1 heterocycles. The Labute approximate surface area is 121 Å². The van der Waals surface area contributed by atoms with Gasteiger partial charge in [0.25, 0.3) is 0 Å². The molecule has 1 atom stereocenters. The maximum absolute atomic E-state index is 5.46. The summed E-state index contributed by atoms with van der Waals surface area (Å²) in [5.74, 6) is 1.86. The van der Waals surface area contributed by atoms with Crippen molar-refractivity contribution in [2.45, 2.75) is 51.4 Å². The van der Waals surface area contributed by atoms with Crippen LogP contribution < -0.4 is 10.1 Å². The number of methoxy groups -OCH3 is 1. The van der Waals surface area contributed by atoms with Crippen molar-refractivity contribution in [2.24, 2.45) is 0 Å². The van der Waals surface area contributed by atoms with Gasteiger partial charge in [-0.3, -0.25) is 4.68 Å². The second-order valence-electron chi connectivity index (χ2n) is 5.90. The van der Waals surface area contributed by atoms with E-state index in [1.165, 1.54) is 0 Å². The molecule has 0 bridgehead atoms. The van der Waals surface area contributed by atoms with Crippen LogP contribution in [-0.2, 0) is 0 Å². The highest BCUT2D eigenvalue weighted by Gasteiger charge is 2.24. The largest absolute Gasteiger partial charge is 0.493 e. The van der Waals surface area contributed by atoms with E-state index in [2.05, 4.69) is 45.0 Å². The molecule has 4 nitrogen and oxygen atoms in total. The first-order chi connectivity index (χ1) is 8.80. The van der Waals surface area contributed by atoms with E-state index in [4.69, 9.17) is 4.74 Å². The average Bonchev–Trinajstić information content (AvgIpc) is 2.72. The molecule has 0 aliphatic heterocycles. The Hall–Kier alpha value is -0.680. The molecule has 19 heavy (non-hydrogen) atoms. The lowest BCUT2D eigenvalue weighted by molar-refractivity contribution is 0.394. The zero-order valence-corrected chi connectivity index (χ0v) is 14.0. The van der Waals surface area contributed by atoms with Crippen molar-refractivity contribution in [1.29, 1.82) is 0 Å². The van der Waals surface area contributed by atoms with Gasteiger partial charge in [0.15, 0.2) is 5.75 Å². The van der Waals surface area contributed by atoms with E-state index in [9.17, 15) is 0 Å². The summed E-state index contributed by atoms with van der Waals surface area (Å²) in [6.07, 6.45) is 1.81. The summed E-state index contributed by atoms with van der Waals surface area (Å²) in [5, 5.41) is 7.83. The van der Waals surface area contributed by atoms with Crippen LogP contribution in [0.2, 0.25) is 0 Å². The summed E-state index contributed by atoms with van der Waals surface area (Å²) in [5.41, 5.74) is 1.14. The monoisotopic (exact) mass is 285 g/mol. The van der Waals surface area contributed by atoms with E-state index in [1.54, 1.807) is 13.3 Å². The standard InChI is InChI=1S/C14H27N3OS/c1-10(2)17-13(12(18-7)8-16-17)11(15-6)9-19-14(3,4)5/h8,10-11,15H,9H2,1-7H3. The summed E-state index contributed by atoms with van der Waals surface area (Å²) < 4.78 is 7.76. The minimum Gasteiger partial charge on any atom is -0.493 e. The first-order valence-corrected chi connectivity index (χ1v) is 7.71. The van der Waals surface area contributed by atoms with Crippen LogP contribution in [0.15, 0.2) is 6.20 Å². The minimum absolute atomic E-state index is 0.240. The molecule has 1 aromatic heterocycles. The molecule has 0 aromatic carbocycles. The van der Waals surface area contributed by atoms with Gasteiger partial charge in [0.1, 0.15) is 0 Å². The van der Waals surface area contributed by atoms with Gasteiger partial charge < -0.3 is 10.1 Å². The van der Waals surface area contributed by atoms with Gasteiger partial charge in [-0.2, -0.15) is 16.9 Å².